The van der Waals surface area contributed by atoms with Crippen LogP contribution in [0.3, 0.4) is 0 Å². The molecule has 0 radical (unpaired) electrons. The van der Waals surface area contributed by atoms with Gasteiger partial charge in [0.15, 0.2) is 0 Å². The summed E-state index contributed by atoms with van der Waals surface area (Å²) in [4.78, 5) is 31.2. The Morgan fingerprint density at radius 1 is 0.875 bits per heavy atom. The number of esters is 2. The summed E-state index contributed by atoms with van der Waals surface area (Å²) < 4.78 is 9.42. The Morgan fingerprint density at radius 3 is 2.09 bits per heavy atom. The van der Waals surface area contributed by atoms with Crippen molar-refractivity contribution in [1.82, 2.24) is 9.80 Å². The molecule has 1 saturated heterocycles. The Bertz CT molecular complexity index is 941. The zero-order chi connectivity index (χ0) is 23.1. The highest BCUT2D eigenvalue weighted by molar-refractivity contribution is 7.15. The number of ether oxygens (including phenoxy) is 2. The van der Waals surface area contributed by atoms with E-state index in [1.165, 1.54) is 53.7 Å². The molecule has 0 atom stereocenters. The van der Waals surface area contributed by atoms with Gasteiger partial charge in [0.1, 0.15) is 9.75 Å². The fourth-order valence-corrected chi connectivity index (χ4v) is 5.88. The number of nitrogens with zero attached hydrogens (tertiary/aromatic N) is 2. The molecule has 2 aromatic rings. The predicted molar refractivity (Wildman–Crippen MR) is 131 cm³/mol. The molecule has 0 unspecified atom stereocenters. The van der Waals surface area contributed by atoms with E-state index in [0.29, 0.717) is 10.8 Å². The van der Waals surface area contributed by atoms with Crippen molar-refractivity contribution in [3.8, 4) is 0 Å². The molecule has 0 bridgehead atoms. The number of likely N-dealkylation sites (tertiary alicyclic amines) is 1. The number of piperidine rings is 1. The summed E-state index contributed by atoms with van der Waals surface area (Å²) in [6.07, 6.45) is 5.67. The van der Waals surface area contributed by atoms with Crippen LogP contribution in [-0.2, 0) is 9.47 Å². The molecule has 1 fully saturated rings. The minimum absolute atomic E-state index is 0.218. The smallest absolute Gasteiger partial charge is 0.348 e. The van der Waals surface area contributed by atoms with Crippen molar-refractivity contribution in [2.24, 2.45) is 0 Å². The lowest BCUT2D eigenvalue weighted by Gasteiger charge is -2.28. The molecule has 4 rings (SSSR count). The summed E-state index contributed by atoms with van der Waals surface area (Å²) >= 11 is 3.09. The zero-order valence-electron chi connectivity index (χ0n) is 19.3. The van der Waals surface area contributed by atoms with Gasteiger partial charge in [0.2, 0.25) is 0 Å². The van der Waals surface area contributed by atoms with Gasteiger partial charge in [-0.15, -0.1) is 22.7 Å². The van der Waals surface area contributed by atoms with Gasteiger partial charge in [-0.1, -0.05) is 6.08 Å². The fraction of sp³-hybridized carbons (Fsp3) is 0.500. The number of likely N-dealkylation sites (N-methyl/N-ethyl adjacent to an activating group) is 1. The average molecular weight is 477 g/mol. The Labute approximate surface area is 198 Å². The molecule has 32 heavy (non-hydrogen) atoms. The van der Waals surface area contributed by atoms with Crippen LogP contribution in [-0.4, -0.2) is 76.2 Å². The number of thiophene rings is 2. The molecule has 8 heteroatoms. The second-order valence-electron chi connectivity index (χ2n) is 8.17. The van der Waals surface area contributed by atoms with Crippen molar-refractivity contribution >= 4 is 40.2 Å². The summed E-state index contributed by atoms with van der Waals surface area (Å²) in [6.45, 7) is 4.37. The van der Waals surface area contributed by atoms with Gasteiger partial charge in [-0.05, 0) is 82.2 Å². The van der Waals surface area contributed by atoms with Crippen molar-refractivity contribution in [2.75, 3.05) is 54.5 Å². The van der Waals surface area contributed by atoms with Crippen molar-refractivity contribution in [3.05, 3.63) is 49.9 Å². The number of hydrogen-bond acceptors (Lipinski definition) is 8. The van der Waals surface area contributed by atoms with Gasteiger partial charge in [0, 0.05) is 22.8 Å². The molecule has 0 saturated carbocycles. The summed E-state index contributed by atoms with van der Waals surface area (Å²) in [5, 5.41) is 0. The van der Waals surface area contributed by atoms with Gasteiger partial charge >= 0.3 is 11.9 Å². The van der Waals surface area contributed by atoms with Crippen molar-refractivity contribution in [3.63, 3.8) is 0 Å². The molecule has 4 heterocycles. The first-order chi connectivity index (χ1) is 15.4. The van der Waals surface area contributed by atoms with E-state index < -0.39 is 0 Å². The molecule has 6 nitrogen and oxygen atoms in total. The monoisotopic (exact) mass is 476 g/mol. The highest BCUT2D eigenvalue weighted by Crippen LogP contribution is 2.33. The first-order valence-corrected chi connectivity index (χ1v) is 12.5. The number of methoxy groups -OCH3 is 2. The van der Waals surface area contributed by atoms with Gasteiger partial charge in [-0.3, -0.25) is 0 Å². The van der Waals surface area contributed by atoms with Gasteiger partial charge < -0.3 is 19.3 Å². The van der Waals surface area contributed by atoms with Gasteiger partial charge in [-0.2, -0.15) is 0 Å². The molecule has 2 aliphatic heterocycles. The van der Waals surface area contributed by atoms with Crippen LogP contribution in [0.25, 0.3) is 5.57 Å². The SMILES string of the molecule is COC(=O)c1ccc(C2=CCN(C)CC2)s1.COC(=O)c1ccc(C2CCN(C)CC2)s1. The van der Waals surface area contributed by atoms with Crippen LogP contribution in [0.5, 0.6) is 0 Å². The van der Waals surface area contributed by atoms with Crippen molar-refractivity contribution < 1.29 is 19.1 Å². The zero-order valence-corrected chi connectivity index (χ0v) is 20.9. The molecular formula is C24H32N2O4S2. The van der Waals surface area contributed by atoms with Gasteiger partial charge in [0.25, 0.3) is 0 Å². The van der Waals surface area contributed by atoms with Gasteiger partial charge in [-0.25, -0.2) is 9.59 Å². The third-order valence-corrected chi connectivity index (χ3v) is 8.22. The highest BCUT2D eigenvalue weighted by Gasteiger charge is 2.21. The largest absolute Gasteiger partial charge is 0.465 e. The van der Waals surface area contributed by atoms with E-state index in [2.05, 4.69) is 36.0 Å². The lowest BCUT2D eigenvalue weighted by atomic mass is 9.96. The van der Waals surface area contributed by atoms with Crippen LogP contribution >= 0.6 is 22.7 Å². The molecule has 2 aromatic heterocycles. The topological polar surface area (TPSA) is 59.1 Å². The summed E-state index contributed by atoms with van der Waals surface area (Å²) in [5.74, 6) is 0.161. The second kappa shape index (κ2) is 11.7. The molecule has 0 spiro atoms. The predicted octanol–water partition coefficient (Wildman–Crippen LogP) is 4.60. The minimum Gasteiger partial charge on any atom is -0.465 e. The lowest BCUT2D eigenvalue weighted by Crippen LogP contribution is -2.28. The van der Waals surface area contributed by atoms with Crippen LogP contribution < -0.4 is 0 Å². The number of hydrogen-bond donors (Lipinski definition) is 0. The quantitative estimate of drug-likeness (QED) is 0.601. The normalized spacial score (nSPS) is 17.8. The molecule has 0 aliphatic carbocycles. The van der Waals surface area contributed by atoms with E-state index in [1.54, 1.807) is 11.3 Å². The van der Waals surface area contributed by atoms with Crippen LogP contribution in [0.1, 0.15) is 54.3 Å². The molecule has 174 valence electrons. The second-order valence-corrected chi connectivity index (χ2v) is 10.4. The van der Waals surface area contributed by atoms with Crippen molar-refractivity contribution in [2.45, 2.75) is 25.2 Å². The van der Waals surface area contributed by atoms with E-state index in [0.717, 1.165) is 37.5 Å². The van der Waals surface area contributed by atoms with E-state index in [9.17, 15) is 9.59 Å². The van der Waals surface area contributed by atoms with E-state index in [1.807, 2.05) is 18.2 Å². The Balaban J connectivity index is 0.000000181. The van der Waals surface area contributed by atoms with E-state index in [4.69, 9.17) is 9.47 Å². The number of carbonyl (C=O) groups excluding carboxylic acids is 2. The number of carbonyl (C=O) groups is 2. The average Bonchev–Trinajstić information content (AvgIpc) is 3.50. The van der Waals surface area contributed by atoms with Crippen LogP contribution in [0.15, 0.2) is 30.3 Å². The maximum Gasteiger partial charge on any atom is 0.348 e. The Morgan fingerprint density at radius 2 is 1.50 bits per heavy atom. The van der Waals surface area contributed by atoms with Crippen LogP contribution in [0, 0.1) is 0 Å². The van der Waals surface area contributed by atoms with Crippen LogP contribution in [0.2, 0.25) is 0 Å². The maximum absolute atomic E-state index is 11.3. The summed E-state index contributed by atoms with van der Waals surface area (Å²) in [6, 6.07) is 7.80. The maximum atomic E-state index is 11.3. The first kappa shape index (κ1) is 24.6. The third kappa shape index (κ3) is 6.51. The standard InChI is InChI=1S/C12H17NO2S.C12H15NO2S/c2*1-13-7-5-9(6-8-13)10-3-4-11(16-10)12(14)15-2/h3-4,9H,5-8H2,1-2H3;3-5H,6-8H2,1-2H3. The Kier molecular flexibility index (Phi) is 9.04. The van der Waals surface area contributed by atoms with Crippen LogP contribution in [0.4, 0.5) is 0 Å². The first-order valence-electron chi connectivity index (χ1n) is 10.8. The third-order valence-electron chi connectivity index (χ3n) is 5.86. The summed E-state index contributed by atoms with van der Waals surface area (Å²) in [7, 11) is 7.11. The highest BCUT2D eigenvalue weighted by atomic mass is 32.1. The molecule has 2 aliphatic rings. The minimum atomic E-state index is -0.246. The van der Waals surface area contributed by atoms with Gasteiger partial charge in [0.05, 0.1) is 14.2 Å². The lowest BCUT2D eigenvalue weighted by molar-refractivity contribution is 0.0597. The Hall–Kier alpha value is -2.00. The van der Waals surface area contributed by atoms with Crippen molar-refractivity contribution in [1.29, 1.82) is 0 Å². The molecule has 0 N–H and O–H groups in total. The molecule has 0 amide bonds. The molecule has 0 aromatic carbocycles. The fourth-order valence-electron chi connectivity index (χ4n) is 3.79. The van der Waals surface area contributed by atoms with E-state index in [-0.39, 0.29) is 11.9 Å². The summed E-state index contributed by atoms with van der Waals surface area (Å²) in [5.41, 5.74) is 1.35. The molecular weight excluding hydrogens is 444 g/mol. The number of rotatable bonds is 4. The van der Waals surface area contributed by atoms with E-state index >= 15 is 0 Å².